The number of halogens is 1. The summed E-state index contributed by atoms with van der Waals surface area (Å²) < 4.78 is 7.02. The third-order valence-corrected chi connectivity index (χ3v) is 4.15. The second kappa shape index (κ2) is 5.93. The van der Waals surface area contributed by atoms with Crippen molar-refractivity contribution >= 4 is 28.8 Å². The number of nitrogens with one attached hydrogen (secondary N) is 1. The zero-order chi connectivity index (χ0) is 16.6. The molecule has 0 fully saturated rings. The second-order valence-electron chi connectivity index (χ2n) is 5.18. The maximum atomic E-state index is 12.7. The maximum Gasteiger partial charge on any atom is 0.274 e. The zero-order valence-corrected chi connectivity index (χ0v) is 13.8. The molecular formula is C17H16ClN3O2. The highest BCUT2D eigenvalue weighted by atomic mass is 35.5. The summed E-state index contributed by atoms with van der Waals surface area (Å²) in [5.74, 6) is 0.377. The topological polar surface area (TPSA) is 55.6 Å². The number of carbonyl (C=O) groups excluding carboxylic acids is 1. The summed E-state index contributed by atoms with van der Waals surface area (Å²) in [6.45, 7) is 3.66. The monoisotopic (exact) mass is 329 g/mol. The Kier molecular flexibility index (Phi) is 3.96. The van der Waals surface area contributed by atoms with Crippen LogP contribution in [-0.2, 0) is 0 Å². The molecule has 3 aromatic rings. The predicted molar refractivity (Wildman–Crippen MR) is 90.6 cm³/mol. The second-order valence-corrected chi connectivity index (χ2v) is 5.59. The molecule has 3 rings (SSSR count). The molecular weight excluding hydrogens is 314 g/mol. The fourth-order valence-electron chi connectivity index (χ4n) is 2.51. The van der Waals surface area contributed by atoms with Crippen LogP contribution in [0.4, 0.5) is 5.69 Å². The van der Waals surface area contributed by atoms with E-state index in [1.54, 1.807) is 36.8 Å². The minimum atomic E-state index is -0.242. The molecule has 1 aromatic carbocycles. The first-order valence-electron chi connectivity index (χ1n) is 7.11. The van der Waals surface area contributed by atoms with Gasteiger partial charge in [0.15, 0.2) is 11.4 Å². The number of nitrogens with zero attached hydrogens (tertiary/aromatic N) is 2. The Balaban J connectivity index is 2.05. The summed E-state index contributed by atoms with van der Waals surface area (Å²) >= 11 is 6.10. The van der Waals surface area contributed by atoms with Crippen molar-refractivity contribution in [1.29, 1.82) is 0 Å². The van der Waals surface area contributed by atoms with Gasteiger partial charge in [-0.25, -0.2) is 4.98 Å². The number of benzene rings is 1. The SMILES string of the molecule is COc1cccn2c(C(=O)Nc3cccc(Cl)c3C)c(C)nc12. The molecule has 6 heteroatoms. The number of ether oxygens (including phenoxy) is 1. The molecule has 23 heavy (non-hydrogen) atoms. The van der Waals surface area contributed by atoms with Crippen LogP contribution in [0.2, 0.25) is 5.02 Å². The molecule has 0 bridgehead atoms. The van der Waals surface area contributed by atoms with Gasteiger partial charge in [-0.2, -0.15) is 0 Å². The number of hydrogen-bond acceptors (Lipinski definition) is 3. The zero-order valence-electron chi connectivity index (χ0n) is 13.1. The number of rotatable bonds is 3. The first-order valence-corrected chi connectivity index (χ1v) is 7.49. The highest BCUT2D eigenvalue weighted by molar-refractivity contribution is 6.31. The van der Waals surface area contributed by atoms with Crippen LogP contribution in [0.5, 0.6) is 5.75 Å². The Morgan fingerprint density at radius 2 is 2.04 bits per heavy atom. The molecule has 2 heterocycles. The highest BCUT2D eigenvalue weighted by Gasteiger charge is 2.19. The molecule has 0 unspecified atom stereocenters. The average molecular weight is 330 g/mol. The lowest BCUT2D eigenvalue weighted by atomic mass is 10.2. The van der Waals surface area contributed by atoms with Gasteiger partial charge in [-0.15, -0.1) is 0 Å². The summed E-state index contributed by atoms with van der Waals surface area (Å²) in [6, 6.07) is 9.03. The molecule has 0 radical (unpaired) electrons. The van der Waals surface area contributed by atoms with Crippen LogP contribution in [0.3, 0.4) is 0 Å². The van der Waals surface area contributed by atoms with E-state index in [1.165, 1.54) is 0 Å². The fraction of sp³-hybridized carbons (Fsp3) is 0.176. The van der Waals surface area contributed by atoms with Gasteiger partial charge in [0, 0.05) is 16.9 Å². The fourth-order valence-corrected chi connectivity index (χ4v) is 2.69. The van der Waals surface area contributed by atoms with Crippen LogP contribution in [0, 0.1) is 13.8 Å². The van der Waals surface area contributed by atoms with Gasteiger partial charge in [0.1, 0.15) is 5.69 Å². The number of anilines is 1. The number of carbonyl (C=O) groups is 1. The molecule has 0 aliphatic carbocycles. The van der Waals surface area contributed by atoms with Gasteiger partial charge in [-0.1, -0.05) is 17.7 Å². The van der Waals surface area contributed by atoms with Gasteiger partial charge in [0.05, 0.1) is 12.8 Å². The van der Waals surface area contributed by atoms with Crippen molar-refractivity contribution in [1.82, 2.24) is 9.38 Å². The number of fused-ring (bicyclic) bond motifs is 1. The number of amides is 1. The maximum absolute atomic E-state index is 12.7. The van der Waals surface area contributed by atoms with Gasteiger partial charge in [0.2, 0.25) is 0 Å². The summed E-state index contributed by atoms with van der Waals surface area (Å²) in [7, 11) is 1.58. The van der Waals surface area contributed by atoms with Crippen molar-refractivity contribution in [3.63, 3.8) is 0 Å². The number of methoxy groups -OCH3 is 1. The van der Waals surface area contributed by atoms with Gasteiger partial charge < -0.3 is 10.1 Å². The molecule has 0 aliphatic rings. The first-order chi connectivity index (χ1) is 11.0. The number of aromatic nitrogens is 2. The highest BCUT2D eigenvalue weighted by Crippen LogP contribution is 2.25. The van der Waals surface area contributed by atoms with Gasteiger partial charge >= 0.3 is 0 Å². The van der Waals surface area contributed by atoms with Crippen molar-refractivity contribution in [2.45, 2.75) is 13.8 Å². The molecule has 2 aromatic heterocycles. The molecule has 1 N–H and O–H groups in total. The number of aryl methyl sites for hydroxylation is 1. The predicted octanol–water partition coefficient (Wildman–Crippen LogP) is 3.87. The minimum Gasteiger partial charge on any atom is -0.493 e. The van der Waals surface area contributed by atoms with Crippen molar-refractivity contribution < 1.29 is 9.53 Å². The summed E-state index contributed by atoms with van der Waals surface area (Å²) in [5, 5.41) is 3.51. The third-order valence-electron chi connectivity index (χ3n) is 3.74. The largest absolute Gasteiger partial charge is 0.493 e. The van der Waals surface area contributed by atoms with Crippen LogP contribution in [0.15, 0.2) is 36.5 Å². The molecule has 0 atom stereocenters. The summed E-state index contributed by atoms with van der Waals surface area (Å²) in [4.78, 5) is 17.2. The van der Waals surface area contributed by atoms with E-state index in [-0.39, 0.29) is 5.91 Å². The lowest BCUT2D eigenvalue weighted by Crippen LogP contribution is -2.16. The van der Waals surface area contributed by atoms with E-state index >= 15 is 0 Å². The Morgan fingerprint density at radius 1 is 1.26 bits per heavy atom. The number of imidazole rings is 1. The lowest BCUT2D eigenvalue weighted by molar-refractivity contribution is 0.102. The van der Waals surface area contributed by atoms with E-state index < -0.39 is 0 Å². The lowest BCUT2D eigenvalue weighted by Gasteiger charge is -2.10. The van der Waals surface area contributed by atoms with Crippen LogP contribution in [0.1, 0.15) is 21.7 Å². The van der Waals surface area contributed by atoms with Crippen LogP contribution in [0.25, 0.3) is 5.65 Å². The van der Waals surface area contributed by atoms with Gasteiger partial charge in [-0.05, 0) is 43.7 Å². The van der Waals surface area contributed by atoms with Crippen molar-refractivity contribution in [3.05, 3.63) is 58.5 Å². The van der Waals surface area contributed by atoms with Gasteiger partial charge in [-0.3, -0.25) is 9.20 Å². The average Bonchev–Trinajstić information content (AvgIpc) is 2.87. The van der Waals surface area contributed by atoms with Crippen LogP contribution >= 0.6 is 11.6 Å². The molecule has 1 amide bonds. The summed E-state index contributed by atoms with van der Waals surface area (Å²) in [5.41, 5.74) is 3.22. The van der Waals surface area contributed by atoms with E-state index in [2.05, 4.69) is 10.3 Å². The Labute approximate surface area is 138 Å². The number of hydrogen-bond donors (Lipinski definition) is 1. The standard InChI is InChI=1S/C17H16ClN3O2/c1-10-12(18)6-4-7-13(10)20-17(22)15-11(2)19-16-14(23-3)8-5-9-21(15)16/h4-9H,1-3H3,(H,20,22). The van der Waals surface area contributed by atoms with E-state index in [4.69, 9.17) is 16.3 Å². The Hall–Kier alpha value is -2.53. The normalized spacial score (nSPS) is 10.8. The van der Waals surface area contributed by atoms with Crippen LogP contribution < -0.4 is 10.1 Å². The van der Waals surface area contributed by atoms with E-state index in [0.29, 0.717) is 33.5 Å². The molecule has 0 saturated carbocycles. The smallest absolute Gasteiger partial charge is 0.274 e. The molecule has 0 spiro atoms. The minimum absolute atomic E-state index is 0.242. The van der Waals surface area contributed by atoms with Crippen molar-refractivity contribution in [2.75, 3.05) is 12.4 Å². The van der Waals surface area contributed by atoms with Crippen molar-refractivity contribution in [3.8, 4) is 5.75 Å². The molecule has 118 valence electrons. The van der Waals surface area contributed by atoms with E-state index in [9.17, 15) is 4.79 Å². The van der Waals surface area contributed by atoms with Crippen LogP contribution in [-0.4, -0.2) is 22.4 Å². The quantitative estimate of drug-likeness (QED) is 0.793. The molecule has 5 nitrogen and oxygen atoms in total. The number of pyridine rings is 1. The molecule has 0 aliphatic heterocycles. The first kappa shape index (κ1) is 15.4. The molecule has 0 saturated heterocycles. The van der Waals surface area contributed by atoms with Crippen molar-refractivity contribution in [2.24, 2.45) is 0 Å². The Morgan fingerprint density at radius 3 is 2.78 bits per heavy atom. The Bertz CT molecular complexity index is 902. The van der Waals surface area contributed by atoms with E-state index in [1.807, 2.05) is 25.1 Å². The third kappa shape index (κ3) is 2.64. The van der Waals surface area contributed by atoms with Gasteiger partial charge in [0.25, 0.3) is 5.91 Å². The summed E-state index contributed by atoms with van der Waals surface area (Å²) in [6.07, 6.45) is 1.79. The van der Waals surface area contributed by atoms with E-state index in [0.717, 1.165) is 5.56 Å².